The Morgan fingerprint density at radius 2 is 1.48 bits per heavy atom. The molecule has 0 N–H and O–H groups in total. The Kier molecular flexibility index (Phi) is 7.03. The zero-order valence-corrected chi connectivity index (χ0v) is 17.4. The van der Waals surface area contributed by atoms with Gasteiger partial charge in [0.25, 0.3) is 0 Å². The number of hydrogen-bond acceptors (Lipinski definition) is 4. The third-order valence-corrected chi connectivity index (χ3v) is 6.65. The average Bonchev–Trinajstić information content (AvgIpc) is 2.76. The maximum Gasteiger partial charge on any atom is 0.236 e. The SMILES string of the molecule is O=C(CN1CCC(OC2CCCCC2)CC1)N1CCN(c2ccc(F)cc2)CC1. The molecule has 1 aromatic carbocycles. The molecule has 6 heteroatoms. The molecule has 29 heavy (non-hydrogen) atoms. The van der Waals surface area contributed by atoms with E-state index in [4.69, 9.17) is 4.74 Å². The van der Waals surface area contributed by atoms with Crippen molar-refractivity contribution in [1.29, 1.82) is 0 Å². The first-order valence-corrected chi connectivity index (χ1v) is 11.3. The minimum Gasteiger partial charge on any atom is -0.375 e. The van der Waals surface area contributed by atoms with Crippen LogP contribution in [0.1, 0.15) is 44.9 Å². The van der Waals surface area contributed by atoms with Gasteiger partial charge >= 0.3 is 0 Å². The fraction of sp³-hybridized carbons (Fsp3) is 0.696. The first kappa shape index (κ1) is 20.6. The van der Waals surface area contributed by atoms with E-state index >= 15 is 0 Å². The van der Waals surface area contributed by atoms with E-state index in [0.29, 0.717) is 18.8 Å². The van der Waals surface area contributed by atoms with Crippen LogP contribution in [0.5, 0.6) is 0 Å². The molecule has 2 saturated heterocycles. The van der Waals surface area contributed by atoms with E-state index in [1.807, 2.05) is 17.0 Å². The first-order chi connectivity index (χ1) is 14.2. The summed E-state index contributed by atoms with van der Waals surface area (Å²) in [5.74, 6) is 0.0193. The van der Waals surface area contributed by atoms with Crippen LogP contribution in [0.3, 0.4) is 0 Å². The van der Waals surface area contributed by atoms with Crippen molar-refractivity contribution < 1.29 is 13.9 Å². The molecule has 1 aromatic rings. The van der Waals surface area contributed by atoms with Gasteiger partial charge in [0.1, 0.15) is 5.82 Å². The lowest BCUT2D eigenvalue weighted by Gasteiger charge is -2.38. The molecule has 0 bridgehead atoms. The van der Waals surface area contributed by atoms with Gasteiger partial charge in [0.15, 0.2) is 0 Å². The Morgan fingerprint density at radius 1 is 0.862 bits per heavy atom. The van der Waals surface area contributed by atoms with Crippen LogP contribution in [-0.4, -0.2) is 73.7 Å². The van der Waals surface area contributed by atoms with Gasteiger partial charge in [0.2, 0.25) is 5.91 Å². The number of nitrogens with zero attached hydrogens (tertiary/aromatic N) is 3. The summed E-state index contributed by atoms with van der Waals surface area (Å²) in [6.07, 6.45) is 9.37. The topological polar surface area (TPSA) is 36.0 Å². The zero-order valence-electron chi connectivity index (χ0n) is 17.4. The van der Waals surface area contributed by atoms with Crippen LogP contribution in [0, 0.1) is 5.82 Å². The van der Waals surface area contributed by atoms with Crippen LogP contribution in [0.15, 0.2) is 24.3 Å². The summed E-state index contributed by atoms with van der Waals surface area (Å²) in [7, 11) is 0. The molecule has 1 aliphatic carbocycles. The molecule has 0 unspecified atom stereocenters. The maximum atomic E-state index is 13.1. The number of rotatable bonds is 5. The Labute approximate surface area is 173 Å². The van der Waals surface area contributed by atoms with E-state index < -0.39 is 0 Å². The number of likely N-dealkylation sites (tertiary alicyclic amines) is 1. The fourth-order valence-electron chi connectivity index (χ4n) is 4.83. The number of anilines is 1. The van der Waals surface area contributed by atoms with Crippen molar-refractivity contribution in [3.8, 4) is 0 Å². The first-order valence-electron chi connectivity index (χ1n) is 11.3. The number of carbonyl (C=O) groups excluding carboxylic acids is 1. The Balaban J connectivity index is 1.16. The second-order valence-electron chi connectivity index (χ2n) is 8.72. The second kappa shape index (κ2) is 9.90. The summed E-state index contributed by atoms with van der Waals surface area (Å²) in [6, 6.07) is 6.61. The Morgan fingerprint density at radius 3 is 2.14 bits per heavy atom. The van der Waals surface area contributed by atoms with Gasteiger partial charge in [-0.2, -0.15) is 0 Å². The quantitative estimate of drug-likeness (QED) is 0.756. The average molecular weight is 404 g/mol. The van der Waals surface area contributed by atoms with Crippen molar-refractivity contribution >= 4 is 11.6 Å². The fourth-order valence-corrected chi connectivity index (χ4v) is 4.83. The third kappa shape index (κ3) is 5.70. The molecule has 2 heterocycles. The number of benzene rings is 1. The molecule has 0 radical (unpaired) electrons. The van der Waals surface area contributed by atoms with Crippen LogP contribution in [0.2, 0.25) is 0 Å². The highest BCUT2D eigenvalue weighted by Crippen LogP contribution is 2.25. The molecule has 160 valence electrons. The van der Waals surface area contributed by atoms with Crippen molar-refractivity contribution in [2.75, 3.05) is 50.7 Å². The predicted molar refractivity (Wildman–Crippen MR) is 113 cm³/mol. The molecule has 3 aliphatic rings. The van der Waals surface area contributed by atoms with Gasteiger partial charge in [-0.05, 0) is 49.9 Å². The number of halogens is 1. The standard InChI is InChI=1S/C23H34FN3O2/c24-19-6-8-20(9-7-19)26-14-16-27(17-15-26)23(28)18-25-12-10-22(11-13-25)29-21-4-2-1-3-5-21/h6-9,21-22H,1-5,10-18H2. The molecule has 2 aliphatic heterocycles. The molecular weight excluding hydrogens is 369 g/mol. The monoisotopic (exact) mass is 403 g/mol. The number of piperazine rings is 1. The van der Waals surface area contributed by atoms with Gasteiger partial charge in [-0.1, -0.05) is 19.3 Å². The van der Waals surface area contributed by atoms with Gasteiger partial charge in [-0.25, -0.2) is 4.39 Å². The third-order valence-electron chi connectivity index (χ3n) is 6.65. The van der Waals surface area contributed by atoms with Crippen molar-refractivity contribution in [2.24, 2.45) is 0 Å². The summed E-state index contributed by atoms with van der Waals surface area (Å²) >= 11 is 0. The van der Waals surface area contributed by atoms with Crippen LogP contribution in [0.25, 0.3) is 0 Å². The molecule has 5 nitrogen and oxygen atoms in total. The van der Waals surface area contributed by atoms with Crippen LogP contribution in [-0.2, 0) is 9.53 Å². The minimum atomic E-state index is -0.213. The molecule has 0 aromatic heterocycles. The van der Waals surface area contributed by atoms with E-state index in [0.717, 1.165) is 57.8 Å². The molecule has 0 atom stereocenters. The lowest BCUT2D eigenvalue weighted by atomic mass is 9.97. The smallest absolute Gasteiger partial charge is 0.236 e. The number of carbonyl (C=O) groups is 1. The van der Waals surface area contributed by atoms with E-state index in [2.05, 4.69) is 9.80 Å². The lowest BCUT2D eigenvalue weighted by molar-refractivity contribution is -0.133. The molecule has 4 rings (SSSR count). The largest absolute Gasteiger partial charge is 0.375 e. The van der Waals surface area contributed by atoms with Gasteiger partial charge in [-0.15, -0.1) is 0 Å². The van der Waals surface area contributed by atoms with E-state index in [1.54, 1.807) is 0 Å². The van der Waals surface area contributed by atoms with Crippen molar-refractivity contribution in [2.45, 2.75) is 57.2 Å². The molecule has 1 amide bonds. The minimum absolute atomic E-state index is 0.213. The van der Waals surface area contributed by atoms with Crippen LogP contribution >= 0.6 is 0 Å². The van der Waals surface area contributed by atoms with Crippen molar-refractivity contribution in [3.63, 3.8) is 0 Å². The highest BCUT2D eigenvalue weighted by Gasteiger charge is 2.27. The van der Waals surface area contributed by atoms with E-state index in [-0.39, 0.29) is 11.7 Å². The van der Waals surface area contributed by atoms with Crippen LogP contribution < -0.4 is 4.90 Å². The van der Waals surface area contributed by atoms with E-state index in [1.165, 1.54) is 44.2 Å². The number of piperidine rings is 1. The summed E-state index contributed by atoms with van der Waals surface area (Å²) in [6.45, 7) is 5.50. The van der Waals surface area contributed by atoms with Crippen molar-refractivity contribution in [3.05, 3.63) is 30.1 Å². The van der Waals surface area contributed by atoms with Crippen LogP contribution in [0.4, 0.5) is 10.1 Å². The van der Waals surface area contributed by atoms with Gasteiger partial charge in [0, 0.05) is 45.0 Å². The Hall–Kier alpha value is -1.66. The normalized spacial score (nSPS) is 22.8. The molecule has 1 saturated carbocycles. The number of ether oxygens (including phenoxy) is 1. The predicted octanol–water partition coefficient (Wildman–Crippen LogP) is 3.29. The summed E-state index contributed by atoms with van der Waals surface area (Å²) < 4.78 is 19.4. The highest BCUT2D eigenvalue weighted by atomic mass is 19.1. The number of amides is 1. The Bertz CT molecular complexity index is 647. The summed E-state index contributed by atoms with van der Waals surface area (Å²) in [4.78, 5) is 19.2. The summed E-state index contributed by atoms with van der Waals surface area (Å²) in [5, 5.41) is 0. The number of hydrogen-bond donors (Lipinski definition) is 0. The highest BCUT2D eigenvalue weighted by molar-refractivity contribution is 5.78. The zero-order chi connectivity index (χ0) is 20.1. The van der Waals surface area contributed by atoms with Crippen molar-refractivity contribution in [1.82, 2.24) is 9.80 Å². The molecule has 0 spiro atoms. The molecular formula is C23H34FN3O2. The van der Waals surface area contributed by atoms with Gasteiger partial charge in [-0.3, -0.25) is 9.69 Å². The van der Waals surface area contributed by atoms with E-state index in [9.17, 15) is 9.18 Å². The second-order valence-corrected chi connectivity index (χ2v) is 8.72. The lowest BCUT2D eigenvalue weighted by Crippen LogP contribution is -2.52. The van der Waals surface area contributed by atoms with Gasteiger partial charge in [0.05, 0.1) is 18.8 Å². The molecule has 3 fully saturated rings. The summed E-state index contributed by atoms with van der Waals surface area (Å²) in [5.41, 5.74) is 1.03. The van der Waals surface area contributed by atoms with Gasteiger partial charge < -0.3 is 14.5 Å². The maximum absolute atomic E-state index is 13.1.